The van der Waals surface area contributed by atoms with Gasteiger partial charge in [-0.3, -0.25) is 9.78 Å². The Morgan fingerprint density at radius 3 is 2.75 bits per heavy atom. The Labute approximate surface area is 129 Å². The van der Waals surface area contributed by atoms with Crippen LogP contribution in [0.3, 0.4) is 0 Å². The number of aromatic nitrogens is 1. The van der Waals surface area contributed by atoms with Crippen molar-refractivity contribution in [2.45, 2.75) is 46.1 Å². The van der Waals surface area contributed by atoms with Crippen molar-refractivity contribution in [1.82, 2.24) is 9.88 Å². The lowest BCUT2D eigenvalue weighted by Gasteiger charge is -2.33. The lowest BCUT2D eigenvalue weighted by molar-refractivity contribution is 0.0631. The van der Waals surface area contributed by atoms with Crippen LogP contribution in [0.5, 0.6) is 0 Å². The summed E-state index contributed by atoms with van der Waals surface area (Å²) < 4.78 is 0.854. The summed E-state index contributed by atoms with van der Waals surface area (Å²) in [4.78, 5) is 19.0. The Balaban J connectivity index is 2.24. The van der Waals surface area contributed by atoms with Gasteiger partial charge in [0.2, 0.25) is 0 Å². The van der Waals surface area contributed by atoms with Crippen molar-refractivity contribution in [2.24, 2.45) is 11.8 Å². The normalized spacial score (nSPS) is 23.8. The minimum absolute atomic E-state index is 0.117. The van der Waals surface area contributed by atoms with E-state index in [0.717, 1.165) is 23.9 Å². The Kier molecular flexibility index (Phi) is 5.19. The number of nitrogens with zero attached hydrogens (tertiary/aromatic N) is 2. The summed E-state index contributed by atoms with van der Waals surface area (Å²) in [7, 11) is 0. The van der Waals surface area contributed by atoms with E-state index in [1.165, 1.54) is 6.42 Å². The number of carbonyl (C=O) groups excluding carboxylic acids is 1. The Morgan fingerprint density at radius 1 is 1.35 bits per heavy atom. The van der Waals surface area contributed by atoms with Crippen molar-refractivity contribution in [3.8, 4) is 0 Å². The van der Waals surface area contributed by atoms with Crippen molar-refractivity contribution in [2.75, 3.05) is 6.54 Å². The molecule has 0 spiro atoms. The van der Waals surface area contributed by atoms with E-state index in [1.807, 2.05) is 6.07 Å². The van der Waals surface area contributed by atoms with Gasteiger partial charge in [-0.05, 0) is 53.1 Å². The molecular weight excluding hydrogens is 316 g/mol. The van der Waals surface area contributed by atoms with E-state index in [0.29, 0.717) is 23.4 Å². The zero-order valence-electron chi connectivity index (χ0n) is 12.5. The molecule has 1 aromatic rings. The molecule has 1 amide bonds. The van der Waals surface area contributed by atoms with Crippen LogP contribution in [-0.4, -0.2) is 28.4 Å². The first kappa shape index (κ1) is 15.5. The van der Waals surface area contributed by atoms with Crippen LogP contribution in [-0.2, 0) is 0 Å². The minimum Gasteiger partial charge on any atom is -0.335 e. The van der Waals surface area contributed by atoms with E-state index in [9.17, 15) is 4.79 Å². The molecule has 2 unspecified atom stereocenters. The molecule has 20 heavy (non-hydrogen) atoms. The molecule has 2 atom stereocenters. The topological polar surface area (TPSA) is 33.2 Å². The van der Waals surface area contributed by atoms with E-state index >= 15 is 0 Å². The number of halogens is 1. The largest absolute Gasteiger partial charge is 0.335 e. The fourth-order valence-electron chi connectivity index (χ4n) is 2.92. The molecule has 1 aliphatic rings. The van der Waals surface area contributed by atoms with Crippen LogP contribution >= 0.6 is 15.9 Å². The molecule has 1 aliphatic heterocycles. The van der Waals surface area contributed by atoms with Crippen LogP contribution in [0.1, 0.15) is 50.4 Å². The maximum atomic E-state index is 12.8. The summed E-state index contributed by atoms with van der Waals surface area (Å²) in [6.45, 7) is 7.56. The van der Waals surface area contributed by atoms with Crippen molar-refractivity contribution < 1.29 is 4.79 Å². The second-order valence-electron chi connectivity index (χ2n) is 6.17. The maximum Gasteiger partial charge on any atom is 0.255 e. The van der Waals surface area contributed by atoms with Gasteiger partial charge in [-0.2, -0.15) is 0 Å². The molecule has 0 aromatic carbocycles. The molecule has 1 saturated heterocycles. The molecule has 0 N–H and O–H groups in total. The van der Waals surface area contributed by atoms with Gasteiger partial charge in [-0.25, -0.2) is 0 Å². The molecule has 3 nitrogen and oxygen atoms in total. The van der Waals surface area contributed by atoms with Gasteiger partial charge >= 0.3 is 0 Å². The summed E-state index contributed by atoms with van der Waals surface area (Å²) in [5.41, 5.74) is 0.680. The lowest BCUT2D eigenvalue weighted by atomic mass is 9.95. The molecule has 0 bridgehead atoms. The van der Waals surface area contributed by atoms with Gasteiger partial charge in [0, 0.05) is 29.5 Å². The highest BCUT2D eigenvalue weighted by atomic mass is 79.9. The predicted octanol–water partition coefficient (Wildman–Crippen LogP) is 4.13. The first-order valence-electron chi connectivity index (χ1n) is 7.40. The molecular formula is C16H23BrN2O. The van der Waals surface area contributed by atoms with E-state index < -0.39 is 0 Å². The number of likely N-dealkylation sites (tertiary alicyclic amines) is 1. The highest BCUT2D eigenvalue weighted by Crippen LogP contribution is 2.27. The quantitative estimate of drug-likeness (QED) is 0.812. The molecule has 0 radical (unpaired) electrons. The first-order chi connectivity index (χ1) is 9.49. The first-order valence-corrected chi connectivity index (χ1v) is 8.20. The minimum atomic E-state index is 0.117. The molecule has 1 aromatic heterocycles. The average Bonchev–Trinajstić information content (AvgIpc) is 2.60. The predicted molar refractivity (Wildman–Crippen MR) is 84.6 cm³/mol. The summed E-state index contributed by atoms with van der Waals surface area (Å²) in [5.74, 6) is 1.31. The fourth-order valence-corrected chi connectivity index (χ4v) is 3.29. The van der Waals surface area contributed by atoms with Crippen molar-refractivity contribution in [3.05, 3.63) is 28.5 Å². The number of rotatable bonds is 2. The van der Waals surface area contributed by atoms with Crippen LogP contribution < -0.4 is 0 Å². The van der Waals surface area contributed by atoms with Gasteiger partial charge in [0.15, 0.2) is 0 Å². The standard InChI is InChI=1S/C16H23BrN2O/c1-11(2)15-5-4-12(3)6-7-19(15)16(20)13-8-14(17)10-18-9-13/h8-12,15H,4-7H2,1-3H3. The second kappa shape index (κ2) is 6.70. The average molecular weight is 339 g/mol. The zero-order valence-corrected chi connectivity index (χ0v) is 14.1. The lowest BCUT2D eigenvalue weighted by Crippen LogP contribution is -2.43. The third-order valence-electron chi connectivity index (χ3n) is 4.20. The van der Waals surface area contributed by atoms with Gasteiger partial charge < -0.3 is 4.90 Å². The van der Waals surface area contributed by atoms with Crippen molar-refractivity contribution in [3.63, 3.8) is 0 Å². The Bertz CT molecular complexity index is 475. The Morgan fingerprint density at radius 2 is 2.10 bits per heavy atom. The zero-order chi connectivity index (χ0) is 14.7. The summed E-state index contributed by atoms with van der Waals surface area (Å²) in [5, 5.41) is 0. The van der Waals surface area contributed by atoms with E-state index in [2.05, 4.69) is 46.6 Å². The van der Waals surface area contributed by atoms with Gasteiger partial charge in [0.25, 0.3) is 5.91 Å². The number of hydrogen-bond donors (Lipinski definition) is 0. The maximum absolute atomic E-state index is 12.8. The molecule has 2 heterocycles. The van der Waals surface area contributed by atoms with Gasteiger partial charge in [-0.1, -0.05) is 20.8 Å². The highest BCUT2D eigenvalue weighted by molar-refractivity contribution is 9.10. The summed E-state index contributed by atoms with van der Waals surface area (Å²) in [6.07, 6.45) is 6.78. The van der Waals surface area contributed by atoms with Crippen LogP contribution in [0.4, 0.5) is 0 Å². The van der Waals surface area contributed by atoms with E-state index in [-0.39, 0.29) is 5.91 Å². The summed E-state index contributed by atoms with van der Waals surface area (Å²) in [6, 6.07) is 2.20. The second-order valence-corrected chi connectivity index (χ2v) is 7.09. The number of carbonyl (C=O) groups is 1. The van der Waals surface area contributed by atoms with Crippen LogP contribution in [0, 0.1) is 11.8 Å². The fraction of sp³-hybridized carbons (Fsp3) is 0.625. The van der Waals surface area contributed by atoms with Crippen molar-refractivity contribution >= 4 is 21.8 Å². The molecule has 0 saturated carbocycles. The third-order valence-corrected chi connectivity index (χ3v) is 4.63. The number of hydrogen-bond acceptors (Lipinski definition) is 2. The van der Waals surface area contributed by atoms with E-state index in [1.54, 1.807) is 12.4 Å². The monoisotopic (exact) mass is 338 g/mol. The molecule has 4 heteroatoms. The molecule has 2 rings (SSSR count). The van der Waals surface area contributed by atoms with Crippen LogP contribution in [0.15, 0.2) is 22.9 Å². The Hall–Kier alpha value is -0.900. The molecule has 110 valence electrons. The summed E-state index contributed by atoms with van der Waals surface area (Å²) >= 11 is 3.39. The van der Waals surface area contributed by atoms with E-state index in [4.69, 9.17) is 0 Å². The van der Waals surface area contributed by atoms with Crippen LogP contribution in [0.2, 0.25) is 0 Å². The molecule has 0 aliphatic carbocycles. The van der Waals surface area contributed by atoms with Gasteiger partial charge in [0.05, 0.1) is 5.56 Å². The van der Waals surface area contributed by atoms with Crippen LogP contribution in [0.25, 0.3) is 0 Å². The van der Waals surface area contributed by atoms with Crippen molar-refractivity contribution in [1.29, 1.82) is 0 Å². The SMILES string of the molecule is CC1CCC(C(C)C)N(C(=O)c2cncc(Br)c2)CC1. The van der Waals surface area contributed by atoms with Gasteiger partial charge in [0.1, 0.15) is 0 Å². The van der Waals surface area contributed by atoms with Gasteiger partial charge in [-0.15, -0.1) is 0 Å². The highest BCUT2D eigenvalue weighted by Gasteiger charge is 2.30. The third kappa shape index (κ3) is 3.60. The number of pyridine rings is 1. The molecule has 1 fully saturated rings. The number of amides is 1. The smallest absolute Gasteiger partial charge is 0.255 e.